The Hall–Kier alpha value is -3.16. The van der Waals surface area contributed by atoms with E-state index in [1.165, 1.54) is 0 Å². The summed E-state index contributed by atoms with van der Waals surface area (Å²) in [5, 5.41) is 7.37. The highest BCUT2D eigenvalue weighted by molar-refractivity contribution is 5.96. The molecule has 3 aromatic rings. The first-order chi connectivity index (χ1) is 15.2. The number of amides is 1. The summed E-state index contributed by atoms with van der Waals surface area (Å²) in [7, 11) is 0. The summed E-state index contributed by atoms with van der Waals surface area (Å²) < 4.78 is 18.6. The quantitative estimate of drug-likeness (QED) is 0.450. The van der Waals surface area contributed by atoms with E-state index in [0.29, 0.717) is 37.8 Å². The van der Waals surface area contributed by atoms with E-state index in [1.807, 2.05) is 74.5 Å². The minimum Gasteiger partial charge on any atom is -0.471 e. The van der Waals surface area contributed by atoms with Gasteiger partial charge in [-0.3, -0.25) is 9.48 Å². The van der Waals surface area contributed by atoms with Crippen molar-refractivity contribution in [1.82, 2.24) is 15.1 Å². The Morgan fingerprint density at radius 1 is 0.968 bits per heavy atom. The number of rotatable bonds is 12. The minimum atomic E-state index is -0.494. The molecule has 7 heteroatoms. The zero-order valence-electron chi connectivity index (χ0n) is 18.0. The Morgan fingerprint density at radius 3 is 2.19 bits per heavy atom. The first-order valence-corrected chi connectivity index (χ1v) is 10.5. The minimum absolute atomic E-state index is 0.239. The number of hydrogen-bond donors (Lipinski definition) is 1. The van der Waals surface area contributed by atoms with Crippen LogP contribution in [-0.2, 0) is 22.6 Å². The zero-order valence-corrected chi connectivity index (χ0v) is 18.0. The van der Waals surface area contributed by atoms with Crippen LogP contribution in [0.4, 0.5) is 0 Å². The highest BCUT2D eigenvalue weighted by atomic mass is 16.7. The Labute approximate surface area is 182 Å². The van der Waals surface area contributed by atoms with E-state index in [2.05, 4.69) is 10.4 Å². The van der Waals surface area contributed by atoms with Crippen molar-refractivity contribution in [1.29, 1.82) is 0 Å². The van der Waals surface area contributed by atoms with Crippen LogP contribution in [0.3, 0.4) is 0 Å². The van der Waals surface area contributed by atoms with Crippen molar-refractivity contribution in [2.75, 3.05) is 19.8 Å². The molecule has 164 valence electrons. The van der Waals surface area contributed by atoms with Gasteiger partial charge < -0.3 is 19.5 Å². The van der Waals surface area contributed by atoms with Gasteiger partial charge in [-0.25, -0.2) is 0 Å². The molecule has 0 aliphatic rings. The third-order valence-electron chi connectivity index (χ3n) is 4.51. The van der Waals surface area contributed by atoms with E-state index >= 15 is 0 Å². The molecule has 1 amide bonds. The molecule has 2 aromatic carbocycles. The smallest absolute Gasteiger partial charge is 0.258 e. The number of nitrogens with zero attached hydrogens (tertiary/aromatic N) is 2. The highest BCUT2D eigenvalue weighted by Gasteiger charge is 2.20. The van der Waals surface area contributed by atoms with Gasteiger partial charge in [0.15, 0.2) is 6.29 Å². The Balaban J connectivity index is 1.74. The van der Waals surface area contributed by atoms with Crippen LogP contribution in [0.15, 0.2) is 66.9 Å². The second-order valence-electron chi connectivity index (χ2n) is 6.86. The lowest BCUT2D eigenvalue weighted by Gasteiger charge is -2.17. The SMILES string of the molecule is CCOC(CNC(=O)c1cn(Cc2ccccc2)nc1OCc1ccccc1)OCC. The maximum atomic E-state index is 12.9. The number of aromatic nitrogens is 2. The summed E-state index contributed by atoms with van der Waals surface area (Å²) in [4.78, 5) is 12.9. The van der Waals surface area contributed by atoms with E-state index in [1.54, 1.807) is 10.9 Å². The Morgan fingerprint density at radius 2 is 1.58 bits per heavy atom. The van der Waals surface area contributed by atoms with Crippen molar-refractivity contribution in [2.24, 2.45) is 0 Å². The Kier molecular flexibility index (Phi) is 8.63. The third-order valence-corrected chi connectivity index (χ3v) is 4.51. The van der Waals surface area contributed by atoms with Crippen LogP contribution in [-0.4, -0.2) is 41.7 Å². The molecule has 0 aliphatic heterocycles. The number of carbonyl (C=O) groups is 1. The lowest BCUT2D eigenvalue weighted by Crippen LogP contribution is -2.35. The molecule has 0 unspecified atom stereocenters. The number of hydrogen-bond acceptors (Lipinski definition) is 5. The number of ether oxygens (including phenoxy) is 3. The van der Waals surface area contributed by atoms with Crippen molar-refractivity contribution in [3.8, 4) is 5.88 Å². The topological polar surface area (TPSA) is 74.6 Å². The molecule has 0 radical (unpaired) electrons. The second kappa shape index (κ2) is 11.9. The van der Waals surface area contributed by atoms with E-state index < -0.39 is 6.29 Å². The fourth-order valence-corrected chi connectivity index (χ4v) is 3.05. The molecule has 3 rings (SSSR count). The van der Waals surface area contributed by atoms with Crippen LogP contribution in [0.25, 0.3) is 0 Å². The first kappa shape index (κ1) is 22.5. The Bertz CT molecular complexity index is 923. The molecule has 0 aliphatic carbocycles. The summed E-state index contributed by atoms with van der Waals surface area (Å²) in [5.74, 6) is 0.00781. The number of carbonyl (C=O) groups excluding carboxylic acids is 1. The van der Waals surface area contributed by atoms with E-state index in [9.17, 15) is 4.79 Å². The standard InChI is InChI=1S/C24H29N3O4/c1-3-29-22(30-4-2)15-25-23(28)21-17-27(16-19-11-7-5-8-12-19)26-24(21)31-18-20-13-9-6-10-14-20/h5-14,17,22H,3-4,15-16,18H2,1-2H3,(H,25,28). The fourth-order valence-electron chi connectivity index (χ4n) is 3.05. The largest absolute Gasteiger partial charge is 0.471 e. The molecular weight excluding hydrogens is 394 g/mol. The van der Waals surface area contributed by atoms with Crippen molar-refractivity contribution < 1.29 is 19.0 Å². The van der Waals surface area contributed by atoms with E-state index in [-0.39, 0.29) is 12.5 Å². The molecule has 31 heavy (non-hydrogen) atoms. The van der Waals surface area contributed by atoms with Crippen LogP contribution >= 0.6 is 0 Å². The van der Waals surface area contributed by atoms with Gasteiger partial charge in [0.25, 0.3) is 5.91 Å². The van der Waals surface area contributed by atoms with Gasteiger partial charge in [0, 0.05) is 19.4 Å². The third kappa shape index (κ3) is 6.94. The van der Waals surface area contributed by atoms with Crippen molar-refractivity contribution >= 4 is 5.91 Å². The van der Waals surface area contributed by atoms with Gasteiger partial charge in [0.1, 0.15) is 12.2 Å². The lowest BCUT2D eigenvalue weighted by atomic mass is 10.2. The van der Waals surface area contributed by atoms with Crippen molar-refractivity contribution in [3.63, 3.8) is 0 Å². The highest BCUT2D eigenvalue weighted by Crippen LogP contribution is 2.19. The molecule has 1 aromatic heterocycles. The monoisotopic (exact) mass is 423 g/mol. The lowest BCUT2D eigenvalue weighted by molar-refractivity contribution is -0.131. The van der Waals surface area contributed by atoms with Crippen LogP contribution in [0.5, 0.6) is 5.88 Å². The molecule has 0 atom stereocenters. The van der Waals surface area contributed by atoms with Gasteiger partial charge in [-0.05, 0) is 25.0 Å². The van der Waals surface area contributed by atoms with Gasteiger partial charge >= 0.3 is 0 Å². The molecule has 0 saturated heterocycles. The molecule has 1 heterocycles. The molecule has 7 nitrogen and oxygen atoms in total. The summed E-state index contributed by atoms with van der Waals surface area (Å²) in [6, 6.07) is 19.7. The maximum absolute atomic E-state index is 12.9. The van der Waals surface area contributed by atoms with Gasteiger partial charge in [-0.15, -0.1) is 5.10 Å². The molecule has 0 spiro atoms. The van der Waals surface area contributed by atoms with Crippen LogP contribution in [0.1, 0.15) is 35.3 Å². The first-order valence-electron chi connectivity index (χ1n) is 10.5. The molecular formula is C24H29N3O4. The predicted octanol–water partition coefficient (Wildman–Crippen LogP) is 3.64. The molecule has 0 saturated carbocycles. The van der Waals surface area contributed by atoms with Crippen molar-refractivity contribution in [3.05, 3.63) is 83.6 Å². The average Bonchev–Trinajstić information content (AvgIpc) is 3.20. The van der Waals surface area contributed by atoms with Gasteiger partial charge in [0.2, 0.25) is 5.88 Å². The molecule has 1 N–H and O–H groups in total. The van der Waals surface area contributed by atoms with Crippen LogP contribution < -0.4 is 10.1 Å². The molecule has 0 fully saturated rings. The van der Waals surface area contributed by atoms with Gasteiger partial charge in [0.05, 0.1) is 13.1 Å². The normalized spacial score (nSPS) is 10.9. The summed E-state index contributed by atoms with van der Waals surface area (Å²) in [5.41, 5.74) is 2.46. The molecule has 0 bridgehead atoms. The zero-order chi connectivity index (χ0) is 21.9. The fraction of sp³-hybridized carbons (Fsp3) is 0.333. The van der Waals surface area contributed by atoms with Crippen LogP contribution in [0, 0.1) is 0 Å². The van der Waals surface area contributed by atoms with E-state index in [4.69, 9.17) is 14.2 Å². The van der Waals surface area contributed by atoms with Crippen molar-refractivity contribution in [2.45, 2.75) is 33.3 Å². The summed E-state index contributed by atoms with van der Waals surface area (Å²) in [6.45, 7) is 5.87. The number of nitrogens with one attached hydrogen (secondary N) is 1. The predicted molar refractivity (Wildman–Crippen MR) is 118 cm³/mol. The number of benzene rings is 2. The average molecular weight is 424 g/mol. The summed E-state index contributed by atoms with van der Waals surface area (Å²) in [6.07, 6.45) is 1.21. The second-order valence-corrected chi connectivity index (χ2v) is 6.86. The summed E-state index contributed by atoms with van der Waals surface area (Å²) >= 11 is 0. The van der Waals surface area contributed by atoms with Crippen LogP contribution in [0.2, 0.25) is 0 Å². The van der Waals surface area contributed by atoms with E-state index in [0.717, 1.165) is 11.1 Å². The van der Waals surface area contributed by atoms with Gasteiger partial charge in [-0.2, -0.15) is 0 Å². The maximum Gasteiger partial charge on any atom is 0.258 e. The van der Waals surface area contributed by atoms with Gasteiger partial charge in [-0.1, -0.05) is 60.7 Å².